The lowest BCUT2D eigenvalue weighted by molar-refractivity contribution is -0.133. The minimum atomic E-state index is -0.165. The van der Waals surface area contributed by atoms with Crippen molar-refractivity contribution in [3.63, 3.8) is 0 Å². The van der Waals surface area contributed by atoms with Crippen LogP contribution in [-0.2, 0) is 17.8 Å². The second-order valence-corrected chi connectivity index (χ2v) is 8.48. The van der Waals surface area contributed by atoms with E-state index in [1.165, 1.54) is 0 Å². The van der Waals surface area contributed by atoms with Crippen LogP contribution in [0.2, 0.25) is 0 Å². The van der Waals surface area contributed by atoms with E-state index in [1.54, 1.807) is 41.2 Å². The lowest BCUT2D eigenvalue weighted by Crippen LogP contribution is -2.46. The predicted molar refractivity (Wildman–Crippen MR) is 133 cm³/mol. The van der Waals surface area contributed by atoms with Gasteiger partial charge in [0.2, 0.25) is 5.91 Å². The Morgan fingerprint density at radius 3 is 2.29 bits per heavy atom. The number of hydrogen-bond acceptors (Lipinski definition) is 4. The Bertz CT molecular complexity index is 1060. The molecule has 1 atom stereocenters. The first-order valence-electron chi connectivity index (χ1n) is 11.7. The predicted octanol–water partition coefficient (Wildman–Crippen LogP) is 5.11. The fourth-order valence-electron chi connectivity index (χ4n) is 3.75. The summed E-state index contributed by atoms with van der Waals surface area (Å²) in [6.45, 7) is 6.78. The first-order valence-corrected chi connectivity index (χ1v) is 11.7. The first kappa shape index (κ1) is 25.1. The zero-order valence-electron chi connectivity index (χ0n) is 20.5. The molecule has 2 amide bonds. The largest absolute Gasteiger partial charge is 0.497 e. The van der Waals surface area contributed by atoms with Gasteiger partial charge in [0.25, 0.3) is 5.91 Å². The molecule has 180 valence electrons. The van der Waals surface area contributed by atoms with Gasteiger partial charge in [-0.05, 0) is 68.7 Å². The summed E-state index contributed by atoms with van der Waals surface area (Å²) < 4.78 is 10.9. The van der Waals surface area contributed by atoms with Gasteiger partial charge in [-0.1, -0.05) is 37.3 Å². The van der Waals surface area contributed by atoms with Crippen LogP contribution in [0.25, 0.3) is 0 Å². The van der Waals surface area contributed by atoms with Crippen molar-refractivity contribution in [1.29, 1.82) is 0 Å². The van der Waals surface area contributed by atoms with Crippen LogP contribution >= 0.6 is 0 Å². The van der Waals surface area contributed by atoms with E-state index in [4.69, 9.17) is 9.15 Å². The summed E-state index contributed by atoms with van der Waals surface area (Å²) in [5.74, 6) is 1.95. The summed E-state index contributed by atoms with van der Waals surface area (Å²) >= 11 is 0. The van der Waals surface area contributed by atoms with Crippen molar-refractivity contribution in [2.45, 2.75) is 46.2 Å². The minimum absolute atomic E-state index is 0.00828. The smallest absolute Gasteiger partial charge is 0.254 e. The van der Waals surface area contributed by atoms with E-state index >= 15 is 0 Å². The molecule has 0 unspecified atom stereocenters. The number of amides is 2. The molecule has 0 saturated heterocycles. The molecule has 2 aromatic carbocycles. The molecule has 3 rings (SSSR count). The van der Waals surface area contributed by atoms with E-state index in [9.17, 15) is 9.59 Å². The van der Waals surface area contributed by atoms with Crippen molar-refractivity contribution in [3.05, 3.63) is 89.4 Å². The molecule has 3 aromatic rings. The van der Waals surface area contributed by atoms with Crippen molar-refractivity contribution in [1.82, 2.24) is 9.80 Å². The zero-order valence-corrected chi connectivity index (χ0v) is 20.5. The van der Waals surface area contributed by atoms with Crippen molar-refractivity contribution in [2.24, 2.45) is 0 Å². The molecule has 0 spiro atoms. The number of benzene rings is 2. The monoisotopic (exact) mass is 462 g/mol. The van der Waals surface area contributed by atoms with Crippen molar-refractivity contribution in [3.8, 4) is 5.75 Å². The average Bonchev–Trinajstić information content (AvgIpc) is 3.29. The highest BCUT2D eigenvalue weighted by Crippen LogP contribution is 2.17. The normalized spacial score (nSPS) is 11.6. The van der Waals surface area contributed by atoms with E-state index in [0.717, 1.165) is 29.9 Å². The van der Waals surface area contributed by atoms with Crippen LogP contribution in [-0.4, -0.2) is 47.9 Å². The van der Waals surface area contributed by atoms with Gasteiger partial charge in [-0.15, -0.1) is 0 Å². The van der Waals surface area contributed by atoms with E-state index in [2.05, 4.69) is 12.1 Å². The highest BCUT2D eigenvalue weighted by Gasteiger charge is 2.26. The van der Waals surface area contributed by atoms with Crippen LogP contribution < -0.4 is 4.74 Å². The molecule has 6 heteroatoms. The summed E-state index contributed by atoms with van der Waals surface area (Å²) in [7, 11) is 1.59. The van der Waals surface area contributed by atoms with Gasteiger partial charge in [-0.25, -0.2) is 0 Å². The Labute approximate surface area is 202 Å². The molecule has 0 bridgehead atoms. The maximum absolute atomic E-state index is 13.5. The fourth-order valence-corrected chi connectivity index (χ4v) is 3.75. The minimum Gasteiger partial charge on any atom is -0.497 e. The maximum Gasteiger partial charge on any atom is 0.254 e. The molecule has 0 aliphatic heterocycles. The van der Waals surface area contributed by atoms with Crippen LogP contribution in [0.15, 0.2) is 71.1 Å². The zero-order chi connectivity index (χ0) is 24.5. The van der Waals surface area contributed by atoms with Gasteiger partial charge in [-0.2, -0.15) is 0 Å². The number of aryl methyl sites for hydroxylation is 1. The molecule has 0 fully saturated rings. The molecule has 0 aliphatic carbocycles. The number of carbonyl (C=O) groups excluding carboxylic acids is 2. The highest BCUT2D eigenvalue weighted by atomic mass is 16.5. The summed E-state index contributed by atoms with van der Waals surface area (Å²) in [4.78, 5) is 30.3. The highest BCUT2D eigenvalue weighted by molar-refractivity contribution is 5.96. The molecule has 1 aromatic heterocycles. The van der Waals surface area contributed by atoms with Gasteiger partial charge in [0.1, 0.15) is 23.8 Å². The number of rotatable bonds is 11. The summed E-state index contributed by atoms with van der Waals surface area (Å²) in [6.07, 6.45) is 1.47. The Morgan fingerprint density at radius 1 is 1.00 bits per heavy atom. The van der Waals surface area contributed by atoms with E-state index in [0.29, 0.717) is 24.4 Å². The molecule has 34 heavy (non-hydrogen) atoms. The summed E-state index contributed by atoms with van der Waals surface area (Å²) in [6, 6.07) is 20.8. The number of hydrogen-bond donors (Lipinski definition) is 0. The topological polar surface area (TPSA) is 63.0 Å². The van der Waals surface area contributed by atoms with Gasteiger partial charge in [0.05, 0.1) is 13.7 Å². The second-order valence-electron chi connectivity index (χ2n) is 8.48. The Balaban J connectivity index is 1.78. The molecular formula is C28H34N2O4. The standard InChI is InChI=1S/C28H34N2O4/c1-5-21(2)30(28(32)24-12-15-25(33-4)16-13-24)20-27(31)29(19-26-14-11-22(3)34-26)18-17-23-9-7-6-8-10-23/h6-16,21H,5,17-20H2,1-4H3/t21-/m0/s1. The fraction of sp³-hybridized carbons (Fsp3) is 0.357. The van der Waals surface area contributed by atoms with Gasteiger partial charge in [0.15, 0.2) is 0 Å². The molecule has 1 heterocycles. The van der Waals surface area contributed by atoms with Gasteiger partial charge in [0, 0.05) is 18.2 Å². The molecular weight excluding hydrogens is 428 g/mol. The lowest BCUT2D eigenvalue weighted by atomic mass is 10.1. The molecule has 0 N–H and O–H groups in total. The van der Waals surface area contributed by atoms with Crippen molar-refractivity contribution < 1.29 is 18.7 Å². The quantitative estimate of drug-likeness (QED) is 0.397. The molecule has 0 saturated carbocycles. The van der Waals surface area contributed by atoms with Crippen LogP contribution in [0.4, 0.5) is 0 Å². The summed E-state index contributed by atoms with van der Waals surface area (Å²) in [5.41, 5.74) is 1.69. The first-order chi connectivity index (χ1) is 16.4. The van der Waals surface area contributed by atoms with Crippen LogP contribution in [0, 0.1) is 6.92 Å². The van der Waals surface area contributed by atoms with Crippen LogP contribution in [0.5, 0.6) is 5.75 Å². The second kappa shape index (κ2) is 12.1. The van der Waals surface area contributed by atoms with E-state index < -0.39 is 0 Å². The third-order valence-electron chi connectivity index (χ3n) is 6.03. The van der Waals surface area contributed by atoms with Gasteiger partial charge >= 0.3 is 0 Å². The molecule has 6 nitrogen and oxygen atoms in total. The number of nitrogens with zero attached hydrogens (tertiary/aromatic N) is 2. The Hall–Kier alpha value is -3.54. The van der Waals surface area contributed by atoms with E-state index in [1.807, 2.05) is 51.1 Å². The Kier molecular flexibility index (Phi) is 8.91. The Morgan fingerprint density at radius 2 is 1.71 bits per heavy atom. The number of ether oxygens (including phenoxy) is 1. The average molecular weight is 463 g/mol. The molecule has 0 aliphatic rings. The lowest BCUT2D eigenvalue weighted by Gasteiger charge is -2.31. The summed E-state index contributed by atoms with van der Waals surface area (Å²) in [5, 5.41) is 0. The van der Waals surface area contributed by atoms with Crippen molar-refractivity contribution >= 4 is 11.8 Å². The van der Waals surface area contributed by atoms with Gasteiger partial charge in [-0.3, -0.25) is 9.59 Å². The SMILES string of the molecule is CC[C@H](C)N(CC(=O)N(CCc1ccccc1)Cc1ccc(C)o1)C(=O)c1ccc(OC)cc1. The van der Waals surface area contributed by atoms with E-state index in [-0.39, 0.29) is 24.4 Å². The van der Waals surface area contributed by atoms with Crippen molar-refractivity contribution in [2.75, 3.05) is 20.2 Å². The van der Waals surface area contributed by atoms with Crippen LogP contribution in [0.1, 0.15) is 47.7 Å². The molecule has 0 radical (unpaired) electrons. The number of carbonyl (C=O) groups is 2. The number of furan rings is 1. The maximum atomic E-state index is 13.5. The third-order valence-corrected chi connectivity index (χ3v) is 6.03. The number of methoxy groups -OCH3 is 1. The third kappa shape index (κ3) is 6.73. The van der Waals surface area contributed by atoms with Crippen LogP contribution in [0.3, 0.4) is 0 Å². The van der Waals surface area contributed by atoms with Gasteiger partial charge < -0.3 is 19.0 Å².